The number of nitrogens with two attached hydrogens (primary N) is 1. The second-order valence-corrected chi connectivity index (χ2v) is 6.61. The highest BCUT2D eigenvalue weighted by Crippen LogP contribution is 2.44. The molecule has 3 N–H and O–H groups in total. The maximum Gasteiger partial charge on any atom is 0.250 e. The zero-order valence-electron chi connectivity index (χ0n) is 12.4. The fourth-order valence-corrected chi connectivity index (χ4v) is 3.06. The van der Waals surface area contributed by atoms with E-state index in [1.54, 1.807) is 12.1 Å². The van der Waals surface area contributed by atoms with Gasteiger partial charge in [0.2, 0.25) is 11.8 Å². The maximum atomic E-state index is 12.8. The molecule has 0 unspecified atom stereocenters. The lowest BCUT2D eigenvalue weighted by molar-refractivity contribution is -0.124. The first kappa shape index (κ1) is 15.7. The monoisotopic (exact) mass is 373 g/mol. The summed E-state index contributed by atoms with van der Waals surface area (Å²) in [5.41, 5.74) is 6.01. The van der Waals surface area contributed by atoms with Crippen molar-refractivity contribution in [2.75, 3.05) is 5.32 Å². The van der Waals surface area contributed by atoms with Crippen molar-refractivity contribution in [1.82, 2.24) is 4.98 Å². The number of carbonyl (C=O) groups excluding carboxylic acids is 2. The van der Waals surface area contributed by atoms with E-state index in [2.05, 4.69) is 26.2 Å². The highest BCUT2D eigenvalue weighted by Gasteiger charge is 2.45. The lowest BCUT2D eigenvalue weighted by Crippen LogP contribution is -2.46. The molecule has 1 saturated carbocycles. The summed E-state index contributed by atoms with van der Waals surface area (Å²) in [4.78, 5) is 27.9. The second kappa shape index (κ2) is 6.12. The normalized spacial score (nSPS) is 15.5. The molecule has 118 valence electrons. The molecule has 6 heteroatoms. The van der Waals surface area contributed by atoms with Crippen LogP contribution in [0, 0.1) is 0 Å². The molecule has 23 heavy (non-hydrogen) atoms. The molecule has 0 bridgehead atoms. The van der Waals surface area contributed by atoms with Crippen molar-refractivity contribution in [2.45, 2.75) is 24.7 Å². The summed E-state index contributed by atoms with van der Waals surface area (Å²) in [5, 5.41) is 2.85. The molecule has 0 atom stereocenters. The Labute approximate surface area is 142 Å². The number of nitrogens with zero attached hydrogens (tertiary/aromatic N) is 1. The summed E-state index contributed by atoms with van der Waals surface area (Å²) in [6, 6.07) is 11.0. The van der Waals surface area contributed by atoms with Gasteiger partial charge in [-0.05, 0) is 42.7 Å². The standard InChI is InChI=1S/C17H16BrN3O2/c18-13-5-3-12(4-6-13)17(8-1-9-17)16(23)21-14-7-2-11(10-20-14)15(19)22/h2-7,10H,1,8-9H2,(H2,19,22)(H,20,21,23). The minimum absolute atomic E-state index is 0.0644. The van der Waals surface area contributed by atoms with Crippen LogP contribution in [0.15, 0.2) is 47.1 Å². The van der Waals surface area contributed by atoms with Crippen molar-refractivity contribution in [1.29, 1.82) is 0 Å². The summed E-state index contributed by atoms with van der Waals surface area (Å²) in [7, 11) is 0. The van der Waals surface area contributed by atoms with Gasteiger partial charge >= 0.3 is 0 Å². The molecule has 1 aliphatic carbocycles. The van der Waals surface area contributed by atoms with Gasteiger partial charge in [-0.3, -0.25) is 9.59 Å². The quantitative estimate of drug-likeness (QED) is 0.863. The largest absolute Gasteiger partial charge is 0.366 e. The number of rotatable bonds is 4. The van der Waals surface area contributed by atoms with E-state index in [0.717, 1.165) is 29.3 Å². The summed E-state index contributed by atoms with van der Waals surface area (Å²) in [6.07, 6.45) is 4.03. The molecule has 5 nitrogen and oxygen atoms in total. The number of amides is 2. The zero-order chi connectivity index (χ0) is 16.4. The van der Waals surface area contributed by atoms with Gasteiger partial charge in [0, 0.05) is 10.7 Å². The second-order valence-electron chi connectivity index (χ2n) is 5.69. The molecule has 1 fully saturated rings. The molecule has 0 radical (unpaired) electrons. The van der Waals surface area contributed by atoms with E-state index in [4.69, 9.17) is 5.73 Å². The number of hydrogen-bond donors (Lipinski definition) is 2. The van der Waals surface area contributed by atoms with Crippen molar-refractivity contribution in [3.63, 3.8) is 0 Å². The molecule has 0 aliphatic heterocycles. The number of pyridine rings is 1. The van der Waals surface area contributed by atoms with Gasteiger partial charge in [0.15, 0.2) is 0 Å². The Morgan fingerprint density at radius 1 is 1.13 bits per heavy atom. The lowest BCUT2D eigenvalue weighted by Gasteiger charge is -2.40. The van der Waals surface area contributed by atoms with Crippen LogP contribution in [0.3, 0.4) is 0 Å². The smallest absolute Gasteiger partial charge is 0.250 e. The van der Waals surface area contributed by atoms with Crippen LogP contribution in [-0.2, 0) is 10.2 Å². The van der Waals surface area contributed by atoms with Crippen LogP contribution in [0.25, 0.3) is 0 Å². The SMILES string of the molecule is NC(=O)c1ccc(NC(=O)C2(c3ccc(Br)cc3)CCC2)nc1. The molecule has 1 aromatic carbocycles. The number of nitrogens with one attached hydrogen (secondary N) is 1. The van der Waals surface area contributed by atoms with Gasteiger partial charge in [0.1, 0.15) is 5.82 Å². The minimum Gasteiger partial charge on any atom is -0.366 e. The minimum atomic E-state index is -0.541. The van der Waals surface area contributed by atoms with Crippen LogP contribution < -0.4 is 11.1 Å². The topological polar surface area (TPSA) is 85.1 Å². The Balaban J connectivity index is 1.80. The molecule has 0 saturated heterocycles. The molecule has 1 heterocycles. The third kappa shape index (κ3) is 2.99. The number of aromatic nitrogens is 1. The number of primary amides is 1. The van der Waals surface area contributed by atoms with Crippen LogP contribution in [0.1, 0.15) is 35.2 Å². The van der Waals surface area contributed by atoms with E-state index in [1.807, 2.05) is 24.3 Å². The van der Waals surface area contributed by atoms with Crippen molar-refractivity contribution in [3.05, 3.63) is 58.2 Å². The summed E-state index contributed by atoms with van der Waals surface area (Å²) in [5.74, 6) is -0.186. The molecular weight excluding hydrogens is 358 g/mol. The Morgan fingerprint density at radius 3 is 2.30 bits per heavy atom. The Kier molecular flexibility index (Phi) is 4.17. The van der Waals surface area contributed by atoms with Gasteiger partial charge in [0.05, 0.1) is 11.0 Å². The first-order valence-corrected chi connectivity index (χ1v) is 8.14. The van der Waals surface area contributed by atoms with Crippen LogP contribution in [0.5, 0.6) is 0 Å². The van der Waals surface area contributed by atoms with Gasteiger partial charge in [-0.25, -0.2) is 4.98 Å². The van der Waals surface area contributed by atoms with E-state index in [1.165, 1.54) is 6.20 Å². The maximum absolute atomic E-state index is 12.8. The van der Waals surface area contributed by atoms with E-state index < -0.39 is 11.3 Å². The van der Waals surface area contributed by atoms with Crippen molar-refractivity contribution >= 4 is 33.6 Å². The molecule has 3 rings (SSSR count). The van der Waals surface area contributed by atoms with Crippen LogP contribution in [0.2, 0.25) is 0 Å². The summed E-state index contributed by atoms with van der Waals surface area (Å²) >= 11 is 3.41. The first-order chi connectivity index (χ1) is 11.0. The molecule has 1 aliphatic rings. The van der Waals surface area contributed by atoms with Crippen LogP contribution in [0.4, 0.5) is 5.82 Å². The highest BCUT2D eigenvalue weighted by molar-refractivity contribution is 9.10. The summed E-state index contributed by atoms with van der Waals surface area (Å²) in [6.45, 7) is 0. The van der Waals surface area contributed by atoms with Gasteiger partial charge in [-0.15, -0.1) is 0 Å². The lowest BCUT2D eigenvalue weighted by atomic mass is 9.64. The molecule has 2 amide bonds. The molecule has 0 spiro atoms. The third-order valence-corrected chi connectivity index (χ3v) is 4.86. The van der Waals surface area contributed by atoms with Crippen molar-refractivity contribution in [3.8, 4) is 0 Å². The van der Waals surface area contributed by atoms with Gasteiger partial charge in [0.25, 0.3) is 0 Å². The first-order valence-electron chi connectivity index (χ1n) is 7.35. The van der Waals surface area contributed by atoms with E-state index in [0.29, 0.717) is 11.4 Å². The Morgan fingerprint density at radius 2 is 1.83 bits per heavy atom. The summed E-state index contributed by atoms with van der Waals surface area (Å²) < 4.78 is 0.986. The van der Waals surface area contributed by atoms with Gasteiger partial charge in [-0.1, -0.05) is 34.5 Å². The van der Waals surface area contributed by atoms with Crippen molar-refractivity contribution in [2.24, 2.45) is 5.73 Å². The van der Waals surface area contributed by atoms with Crippen LogP contribution in [-0.4, -0.2) is 16.8 Å². The number of halogens is 1. The van der Waals surface area contributed by atoms with E-state index in [9.17, 15) is 9.59 Å². The van der Waals surface area contributed by atoms with Gasteiger partial charge < -0.3 is 11.1 Å². The average molecular weight is 374 g/mol. The number of benzene rings is 1. The number of anilines is 1. The molecule has 2 aromatic rings. The number of hydrogen-bond acceptors (Lipinski definition) is 3. The van der Waals surface area contributed by atoms with Gasteiger partial charge in [-0.2, -0.15) is 0 Å². The molecular formula is C17H16BrN3O2. The van der Waals surface area contributed by atoms with Crippen molar-refractivity contribution < 1.29 is 9.59 Å². The van der Waals surface area contributed by atoms with Crippen LogP contribution >= 0.6 is 15.9 Å². The fraction of sp³-hybridized carbons (Fsp3) is 0.235. The molecule has 1 aromatic heterocycles. The zero-order valence-corrected chi connectivity index (χ0v) is 14.0. The average Bonchev–Trinajstić information content (AvgIpc) is 2.48. The Hall–Kier alpha value is -2.21. The predicted molar refractivity (Wildman–Crippen MR) is 91.1 cm³/mol. The fourth-order valence-electron chi connectivity index (χ4n) is 2.80. The third-order valence-electron chi connectivity index (χ3n) is 4.33. The predicted octanol–water partition coefficient (Wildman–Crippen LogP) is 3.00. The highest BCUT2D eigenvalue weighted by atomic mass is 79.9. The van der Waals surface area contributed by atoms with E-state index >= 15 is 0 Å². The Bertz CT molecular complexity index is 737. The number of carbonyl (C=O) groups is 2. The van der Waals surface area contributed by atoms with E-state index in [-0.39, 0.29) is 5.91 Å².